The van der Waals surface area contributed by atoms with Crippen molar-refractivity contribution in [2.24, 2.45) is 0 Å². The quantitative estimate of drug-likeness (QED) is 0.525. The summed E-state index contributed by atoms with van der Waals surface area (Å²) < 4.78 is 1.43. The number of hydrogen-bond acceptors (Lipinski definition) is 3. The molecule has 0 aliphatic rings. The predicted octanol–water partition coefficient (Wildman–Crippen LogP) is 1.89. The number of rotatable bonds is 2. The van der Waals surface area contributed by atoms with Gasteiger partial charge in [-0.25, -0.2) is 19.1 Å². The maximum Gasteiger partial charge on any atom is 0.335 e. The summed E-state index contributed by atoms with van der Waals surface area (Å²) in [5.41, 5.74) is 2.42. The maximum atomic E-state index is 12.1. The fourth-order valence-electron chi connectivity index (χ4n) is 2.50. The van der Waals surface area contributed by atoms with E-state index in [0.717, 1.165) is 0 Å². The number of hydrogen-bond donors (Lipinski definition) is 3. The van der Waals surface area contributed by atoms with Gasteiger partial charge >= 0.3 is 11.7 Å². The minimum Gasteiger partial charge on any atom is -0.478 e. The molecule has 0 bridgehead atoms. The number of carboxylic acids is 1. The molecular formula is C15H10N4O3. The summed E-state index contributed by atoms with van der Waals surface area (Å²) in [5.74, 6) is -0.665. The summed E-state index contributed by atoms with van der Waals surface area (Å²) in [6, 6.07) is 11.9. The molecule has 0 spiro atoms. The third-order valence-electron chi connectivity index (χ3n) is 3.52. The number of aromatic nitrogens is 4. The first kappa shape index (κ1) is 12.4. The molecule has 7 nitrogen and oxygen atoms in total. The Morgan fingerprint density at radius 2 is 1.91 bits per heavy atom. The Hall–Kier alpha value is -3.35. The Morgan fingerprint density at radius 1 is 1.09 bits per heavy atom. The fraction of sp³-hybridized carbons (Fsp3) is 0. The zero-order chi connectivity index (χ0) is 15.3. The summed E-state index contributed by atoms with van der Waals surface area (Å²) in [6.07, 6.45) is 0. The highest BCUT2D eigenvalue weighted by Crippen LogP contribution is 2.18. The molecule has 4 rings (SSSR count). The van der Waals surface area contributed by atoms with Crippen molar-refractivity contribution in [1.82, 2.24) is 19.5 Å². The van der Waals surface area contributed by atoms with E-state index in [0.29, 0.717) is 28.0 Å². The molecule has 0 saturated carbocycles. The van der Waals surface area contributed by atoms with Gasteiger partial charge in [0.05, 0.1) is 27.6 Å². The second kappa shape index (κ2) is 4.32. The number of nitrogens with one attached hydrogen (secondary N) is 2. The lowest BCUT2D eigenvalue weighted by Crippen LogP contribution is -2.15. The largest absolute Gasteiger partial charge is 0.478 e. The van der Waals surface area contributed by atoms with Crippen molar-refractivity contribution in [2.45, 2.75) is 0 Å². The van der Waals surface area contributed by atoms with Crippen molar-refractivity contribution in [3.8, 4) is 5.95 Å². The number of aromatic amines is 2. The third kappa shape index (κ3) is 1.72. The summed E-state index contributed by atoms with van der Waals surface area (Å²) >= 11 is 0. The number of aromatic carboxylic acids is 1. The van der Waals surface area contributed by atoms with Crippen LogP contribution >= 0.6 is 0 Å². The van der Waals surface area contributed by atoms with Crippen LogP contribution in [0, 0.1) is 0 Å². The number of benzene rings is 2. The third-order valence-corrected chi connectivity index (χ3v) is 3.52. The monoisotopic (exact) mass is 294 g/mol. The first-order valence-corrected chi connectivity index (χ1v) is 6.57. The molecule has 0 unspecified atom stereocenters. The number of carboxylic acid groups (broad SMARTS) is 1. The standard InChI is InChI=1S/C15H10N4O3/c20-13(21)8-5-6-9-11(7-8)17-14(16-9)19-12-4-2-1-3-10(12)18-15(19)22/h1-7H,(H,16,17)(H,18,22)(H,20,21). The van der Waals surface area contributed by atoms with Gasteiger partial charge in [-0.1, -0.05) is 12.1 Å². The van der Waals surface area contributed by atoms with Gasteiger partial charge in [0, 0.05) is 0 Å². The van der Waals surface area contributed by atoms with Crippen molar-refractivity contribution >= 4 is 28.0 Å². The van der Waals surface area contributed by atoms with E-state index in [1.165, 1.54) is 16.7 Å². The van der Waals surface area contributed by atoms with Crippen LogP contribution < -0.4 is 5.69 Å². The number of carbonyl (C=O) groups is 1. The van der Waals surface area contributed by atoms with Crippen LogP contribution in [-0.4, -0.2) is 30.6 Å². The molecule has 2 aromatic carbocycles. The molecule has 108 valence electrons. The van der Waals surface area contributed by atoms with E-state index in [9.17, 15) is 9.59 Å². The lowest BCUT2D eigenvalue weighted by molar-refractivity contribution is 0.0697. The van der Waals surface area contributed by atoms with E-state index in [4.69, 9.17) is 5.11 Å². The molecule has 2 aromatic heterocycles. The zero-order valence-electron chi connectivity index (χ0n) is 11.2. The molecule has 7 heteroatoms. The van der Waals surface area contributed by atoms with Crippen molar-refractivity contribution in [1.29, 1.82) is 0 Å². The van der Waals surface area contributed by atoms with Crippen molar-refractivity contribution < 1.29 is 9.90 Å². The summed E-state index contributed by atoms with van der Waals surface area (Å²) in [5, 5.41) is 9.03. The highest BCUT2D eigenvalue weighted by atomic mass is 16.4. The van der Waals surface area contributed by atoms with E-state index in [1.807, 2.05) is 18.2 Å². The molecule has 0 radical (unpaired) electrons. The van der Waals surface area contributed by atoms with E-state index in [2.05, 4.69) is 15.0 Å². The fourth-order valence-corrected chi connectivity index (χ4v) is 2.50. The van der Waals surface area contributed by atoms with Crippen LogP contribution in [0.3, 0.4) is 0 Å². The van der Waals surface area contributed by atoms with Crippen LogP contribution in [0.5, 0.6) is 0 Å². The van der Waals surface area contributed by atoms with Gasteiger partial charge in [-0.15, -0.1) is 0 Å². The van der Waals surface area contributed by atoms with Crippen molar-refractivity contribution in [3.63, 3.8) is 0 Å². The number of fused-ring (bicyclic) bond motifs is 2. The smallest absolute Gasteiger partial charge is 0.335 e. The second-order valence-electron chi connectivity index (χ2n) is 4.88. The van der Waals surface area contributed by atoms with Crippen LogP contribution in [0.15, 0.2) is 47.3 Å². The van der Waals surface area contributed by atoms with Crippen LogP contribution in [-0.2, 0) is 0 Å². The molecule has 0 atom stereocenters. The Kier molecular flexibility index (Phi) is 2.43. The highest BCUT2D eigenvalue weighted by Gasteiger charge is 2.13. The molecular weight excluding hydrogens is 284 g/mol. The lowest BCUT2D eigenvalue weighted by Gasteiger charge is -1.97. The van der Waals surface area contributed by atoms with Gasteiger partial charge in [0.2, 0.25) is 5.95 Å². The first-order chi connectivity index (χ1) is 10.6. The lowest BCUT2D eigenvalue weighted by atomic mass is 10.2. The normalized spacial score (nSPS) is 11.3. The van der Waals surface area contributed by atoms with Crippen molar-refractivity contribution in [2.75, 3.05) is 0 Å². The topological polar surface area (TPSA) is 104 Å². The summed E-state index contributed by atoms with van der Waals surface area (Å²) in [7, 11) is 0. The van der Waals surface area contributed by atoms with E-state index in [1.54, 1.807) is 12.1 Å². The Bertz CT molecular complexity index is 1090. The Balaban J connectivity index is 1.98. The molecule has 2 heterocycles. The predicted molar refractivity (Wildman–Crippen MR) is 80.5 cm³/mol. The second-order valence-corrected chi connectivity index (χ2v) is 4.88. The van der Waals surface area contributed by atoms with Gasteiger partial charge < -0.3 is 15.1 Å². The maximum absolute atomic E-state index is 12.1. The zero-order valence-corrected chi connectivity index (χ0v) is 11.2. The number of H-pyrrole nitrogens is 2. The van der Waals surface area contributed by atoms with E-state index in [-0.39, 0.29) is 11.3 Å². The van der Waals surface area contributed by atoms with E-state index >= 15 is 0 Å². The molecule has 22 heavy (non-hydrogen) atoms. The van der Waals surface area contributed by atoms with Crippen LogP contribution in [0.2, 0.25) is 0 Å². The molecule has 3 N–H and O–H groups in total. The molecule has 0 amide bonds. The van der Waals surface area contributed by atoms with Crippen LogP contribution in [0.25, 0.3) is 28.0 Å². The van der Waals surface area contributed by atoms with Crippen molar-refractivity contribution in [3.05, 3.63) is 58.5 Å². The average molecular weight is 294 g/mol. The van der Waals surface area contributed by atoms with Crippen LogP contribution in [0.4, 0.5) is 0 Å². The van der Waals surface area contributed by atoms with Crippen LogP contribution in [0.1, 0.15) is 10.4 Å². The van der Waals surface area contributed by atoms with Gasteiger partial charge in [-0.3, -0.25) is 0 Å². The average Bonchev–Trinajstić information content (AvgIpc) is 3.05. The van der Waals surface area contributed by atoms with E-state index < -0.39 is 5.97 Å². The number of para-hydroxylation sites is 2. The SMILES string of the molecule is O=C(O)c1ccc2nc(-n3c(=O)[nH]c4ccccc43)[nH]c2c1. The first-order valence-electron chi connectivity index (χ1n) is 6.57. The Labute approximate surface area is 122 Å². The van der Waals surface area contributed by atoms with Gasteiger partial charge in [0.15, 0.2) is 0 Å². The highest BCUT2D eigenvalue weighted by molar-refractivity contribution is 5.92. The molecule has 0 aliphatic carbocycles. The minimum atomic E-state index is -1.01. The van der Waals surface area contributed by atoms with Gasteiger partial charge in [0.25, 0.3) is 0 Å². The number of nitrogens with zero attached hydrogens (tertiary/aromatic N) is 2. The molecule has 0 saturated heterocycles. The molecule has 0 aliphatic heterocycles. The van der Waals surface area contributed by atoms with Gasteiger partial charge in [-0.05, 0) is 30.3 Å². The Morgan fingerprint density at radius 3 is 2.73 bits per heavy atom. The number of imidazole rings is 2. The summed E-state index contributed by atoms with van der Waals surface area (Å²) in [6.45, 7) is 0. The summed E-state index contributed by atoms with van der Waals surface area (Å²) in [4.78, 5) is 33.3. The molecule has 0 fully saturated rings. The van der Waals surface area contributed by atoms with Gasteiger partial charge in [-0.2, -0.15) is 0 Å². The minimum absolute atomic E-state index is 0.161. The molecule has 4 aromatic rings. The van der Waals surface area contributed by atoms with Gasteiger partial charge in [0.1, 0.15) is 0 Å².